The Morgan fingerprint density at radius 1 is 1.27 bits per heavy atom. The molecule has 0 radical (unpaired) electrons. The van der Waals surface area contributed by atoms with Crippen molar-refractivity contribution < 1.29 is 22.0 Å². The molecule has 0 spiro atoms. The first-order valence-corrected chi connectivity index (χ1v) is 6.84. The van der Waals surface area contributed by atoms with Gasteiger partial charge in [-0.2, -0.15) is 13.2 Å². The zero-order chi connectivity index (χ0) is 15.9. The molecule has 1 saturated heterocycles. The molecule has 0 bridgehead atoms. The van der Waals surface area contributed by atoms with Crippen LogP contribution in [-0.2, 0) is 0 Å². The fourth-order valence-corrected chi connectivity index (χ4v) is 2.17. The molecule has 0 aromatic carbocycles. The van der Waals surface area contributed by atoms with Crippen LogP contribution in [0.5, 0.6) is 0 Å². The molecule has 0 aliphatic carbocycles. The molecule has 0 amide bonds. The average molecular weight is 444 g/mol. The molecule has 1 heterocycles. The quantitative estimate of drug-likeness (QED) is 0.296. The Hall–Kier alpha value is -0.390. The maximum atomic E-state index is 12.2. The Morgan fingerprint density at radius 2 is 1.86 bits per heavy atom. The normalized spacial score (nSPS) is 18.2. The number of rotatable bonds is 5. The minimum Gasteiger partial charge on any atom is -0.356 e. The molecule has 1 aliphatic heterocycles. The fraction of sp³-hybridized carbons (Fsp3) is 0.917. The lowest BCUT2D eigenvalue weighted by Crippen LogP contribution is -2.49. The Balaban J connectivity index is 0.00000441. The minimum atomic E-state index is -4.20. The zero-order valence-electron chi connectivity index (χ0n) is 12.3. The van der Waals surface area contributed by atoms with Crippen molar-refractivity contribution >= 4 is 29.9 Å². The lowest BCUT2D eigenvalue weighted by Gasteiger charge is -2.32. The average Bonchev–Trinajstić information content (AvgIpc) is 2.37. The first-order chi connectivity index (χ1) is 9.80. The second kappa shape index (κ2) is 10.4. The number of hydrogen-bond donors (Lipinski definition) is 2. The van der Waals surface area contributed by atoms with Crippen LogP contribution in [0.15, 0.2) is 4.99 Å². The standard InChI is InChI=1S/C12H21F5N4.HI/c1-18-11(19-5-4-12(15,16)17)20-9-2-6-21(7-3-9)8-10(13)14;/h9-10H,2-8H2,1H3,(H2,18,19,20);1H. The van der Waals surface area contributed by atoms with E-state index in [-0.39, 0.29) is 43.1 Å². The molecule has 0 atom stereocenters. The molecule has 0 aromatic heterocycles. The van der Waals surface area contributed by atoms with Gasteiger partial charge in [0.05, 0.1) is 13.0 Å². The van der Waals surface area contributed by atoms with Crippen LogP contribution < -0.4 is 10.6 Å². The molecular weight excluding hydrogens is 422 g/mol. The summed E-state index contributed by atoms with van der Waals surface area (Å²) in [5.41, 5.74) is 0. The number of piperidine rings is 1. The predicted octanol–water partition coefficient (Wildman–Crippen LogP) is 2.45. The zero-order valence-corrected chi connectivity index (χ0v) is 14.6. The monoisotopic (exact) mass is 444 g/mol. The van der Waals surface area contributed by atoms with Crippen LogP contribution in [0.1, 0.15) is 19.3 Å². The van der Waals surface area contributed by atoms with Crippen molar-refractivity contribution in [2.75, 3.05) is 33.2 Å². The van der Waals surface area contributed by atoms with Gasteiger partial charge in [0, 0.05) is 32.7 Å². The highest BCUT2D eigenvalue weighted by atomic mass is 127. The van der Waals surface area contributed by atoms with Crippen LogP contribution in [-0.4, -0.2) is 62.7 Å². The van der Waals surface area contributed by atoms with Crippen LogP contribution in [0.2, 0.25) is 0 Å². The van der Waals surface area contributed by atoms with E-state index in [1.165, 1.54) is 7.05 Å². The molecule has 10 heteroatoms. The van der Waals surface area contributed by atoms with Crippen LogP contribution in [0.3, 0.4) is 0 Å². The van der Waals surface area contributed by atoms with Gasteiger partial charge in [0.1, 0.15) is 0 Å². The highest BCUT2D eigenvalue weighted by molar-refractivity contribution is 14.0. The maximum Gasteiger partial charge on any atom is 0.390 e. The smallest absolute Gasteiger partial charge is 0.356 e. The summed E-state index contributed by atoms with van der Waals surface area (Å²) < 4.78 is 60.6. The number of alkyl halides is 5. The SMILES string of the molecule is CN=C(NCCC(F)(F)F)NC1CCN(CC(F)F)CC1.I. The molecule has 22 heavy (non-hydrogen) atoms. The van der Waals surface area contributed by atoms with E-state index >= 15 is 0 Å². The summed E-state index contributed by atoms with van der Waals surface area (Å²) in [6.45, 7) is 0.613. The first-order valence-electron chi connectivity index (χ1n) is 6.84. The van der Waals surface area contributed by atoms with E-state index in [1.54, 1.807) is 4.90 Å². The summed E-state index contributed by atoms with van der Waals surface area (Å²) in [6.07, 6.45) is -6.15. The summed E-state index contributed by atoms with van der Waals surface area (Å²) in [5, 5.41) is 5.63. The molecule has 1 rings (SSSR count). The van der Waals surface area contributed by atoms with Crippen molar-refractivity contribution in [2.24, 2.45) is 4.99 Å². The lowest BCUT2D eigenvalue weighted by atomic mass is 10.1. The van der Waals surface area contributed by atoms with Crippen LogP contribution in [0.4, 0.5) is 22.0 Å². The molecule has 132 valence electrons. The number of guanidine groups is 1. The third kappa shape index (κ3) is 9.59. The number of hydrogen-bond acceptors (Lipinski definition) is 2. The van der Waals surface area contributed by atoms with Gasteiger partial charge < -0.3 is 10.6 Å². The van der Waals surface area contributed by atoms with Crippen LogP contribution in [0.25, 0.3) is 0 Å². The summed E-state index contributed by atoms with van der Waals surface area (Å²) in [7, 11) is 1.48. The molecular formula is C12H22F5IN4. The Kier molecular flexibility index (Phi) is 10.2. The van der Waals surface area contributed by atoms with Gasteiger partial charge >= 0.3 is 6.18 Å². The second-order valence-corrected chi connectivity index (χ2v) is 4.97. The molecule has 1 fully saturated rings. The summed E-state index contributed by atoms with van der Waals surface area (Å²) in [5.74, 6) is 0.312. The molecule has 0 unspecified atom stereocenters. The lowest BCUT2D eigenvalue weighted by molar-refractivity contribution is -0.132. The highest BCUT2D eigenvalue weighted by Crippen LogP contribution is 2.18. The van der Waals surface area contributed by atoms with Gasteiger partial charge in [-0.15, -0.1) is 24.0 Å². The van der Waals surface area contributed by atoms with Gasteiger partial charge in [-0.25, -0.2) is 8.78 Å². The van der Waals surface area contributed by atoms with E-state index in [9.17, 15) is 22.0 Å². The number of likely N-dealkylation sites (tertiary alicyclic amines) is 1. The minimum absolute atomic E-state index is 0. The van der Waals surface area contributed by atoms with E-state index in [4.69, 9.17) is 0 Å². The van der Waals surface area contributed by atoms with Gasteiger partial charge in [-0.3, -0.25) is 9.89 Å². The number of halogens is 6. The highest BCUT2D eigenvalue weighted by Gasteiger charge is 2.27. The molecule has 0 saturated carbocycles. The van der Waals surface area contributed by atoms with Crippen molar-refractivity contribution in [1.82, 2.24) is 15.5 Å². The Morgan fingerprint density at radius 3 is 2.32 bits per heavy atom. The largest absolute Gasteiger partial charge is 0.390 e. The van der Waals surface area contributed by atoms with E-state index in [2.05, 4.69) is 15.6 Å². The van der Waals surface area contributed by atoms with Gasteiger partial charge in [0.25, 0.3) is 6.43 Å². The molecule has 0 aromatic rings. The third-order valence-electron chi connectivity index (χ3n) is 3.25. The summed E-state index contributed by atoms with van der Waals surface area (Å²) in [4.78, 5) is 5.55. The third-order valence-corrected chi connectivity index (χ3v) is 3.25. The summed E-state index contributed by atoms with van der Waals surface area (Å²) >= 11 is 0. The van der Waals surface area contributed by atoms with Crippen molar-refractivity contribution in [3.63, 3.8) is 0 Å². The Bertz CT molecular complexity index is 330. The van der Waals surface area contributed by atoms with Gasteiger partial charge in [-0.05, 0) is 12.8 Å². The van der Waals surface area contributed by atoms with Crippen LogP contribution in [0, 0.1) is 0 Å². The van der Waals surface area contributed by atoms with E-state index in [0.717, 1.165) is 0 Å². The first kappa shape index (κ1) is 21.6. The van der Waals surface area contributed by atoms with Crippen molar-refractivity contribution in [1.29, 1.82) is 0 Å². The number of nitrogens with one attached hydrogen (secondary N) is 2. The van der Waals surface area contributed by atoms with Crippen LogP contribution >= 0.6 is 24.0 Å². The maximum absolute atomic E-state index is 12.2. The second-order valence-electron chi connectivity index (χ2n) is 4.97. The predicted molar refractivity (Wildman–Crippen MR) is 86.1 cm³/mol. The Labute approximate surface area is 143 Å². The van der Waals surface area contributed by atoms with E-state index in [1.807, 2.05) is 0 Å². The van der Waals surface area contributed by atoms with Gasteiger partial charge in [0.15, 0.2) is 5.96 Å². The van der Waals surface area contributed by atoms with E-state index < -0.39 is 19.0 Å². The summed E-state index contributed by atoms with van der Waals surface area (Å²) in [6, 6.07) is 0.0380. The fourth-order valence-electron chi connectivity index (χ4n) is 2.17. The topological polar surface area (TPSA) is 39.7 Å². The molecule has 2 N–H and O–H groups in total. The van der Waals surface area contributed by atoms with Gasteiger partial charge in [-0.1, -0.05) is 0 Å². The number of nitrogens with zero attached hydrogens (tertiary/aromatic N) is 2. The van der Waals surface area contributed by atoms with Crippen molar-refractivity contribution in [2.45, 2.75) is 37.9 Å². The van der Waals surface area contributed by atoms with Gasteiger partial charge in [0.2, 0.25) is 0 Å². The van der Waals surface area contributed by atoms with Crippen molar-refractivity contribution in [3.05, 3.63) is 0 Å². The molecule has 1 aliphatic rings. The number of aliphatic imine (C=N–C) groups is 1. The molecule has 4 nitrogen and oxygen atoms in total. The van der Waals surface area contributed by atoms with Crippen molar-refractivity contribution in [3.8, 4) is 0 Å². The van der Waals surface area contributed by atoms with E-state index in [0.29, 0.717) is 31.9 Å².